The number of methoxy groups -OCH3 is 2. The van der Waals surface area contributed by atoms with Crippen molar-refractivity contribution in [3.63, 3.8) is 0 Å². The molecule has 3 rings (SSSR count). The van der Waals surface area contributed by atoms with Crippen LogP contribution >= 0.6 is 0 Å². The van der Waals surface area contributed by atoms with E-state index in [0.29, 0.717) is 31.5 Å². The summed E-state index contributed by atoms with van der Waals surface area (Å²) in [7, 11) is 3.30. The number of hydrogen-bond acceptors (Lipinski definition) is 7. The third kappa shape index (κ3) is 5.80. The number of benzene rings is 1. The van der Waals surface area contributed by atoms with E-state index in [1.54, 1.807) is 20.4 Å². The number of hydrogen-bond donors (Lipinski definition) is 2. The number of nitrogens with zero attached hydrogens (tertiary/aromatic N) is 3. The van der Waals surface area contributed by atoms with Crippen molar-refractivity contribution in [3.8, 4) is 5.75 Å². The summed E-state index contributed by atoms with van der Waals surface area (Å²) in [6.45, 7) is 2.74. The highest BCUT2D eigenvalue weighted by Gasteiger charge is 2.27. The minimum absolute atomic E-state index is 0.0549. The third-order valence-corrected chi connectivity index (χ3v) is 4.91. The molecule has 1 aliphatic rings. The molecule has 156 valence electrons. The second-order valence-corrected chi connectivity index (χ2v) is 6.99. The van der Waals surface area contributed by atoms with Gasteiger partial charge in [0.05, 0.1) is 18.7 Å². The van der Waals surface area contributed by atoms with Gasteiger partial charge >= 0.3 is 0 Å². The molecule has 29 heavy (non-hydrogen) atoms. The van der Waals surface area contributed by atoms with Crippen LogP contribution in [0.1, 0.15) is 19.3 Å². The van der Waals surface area contributed by atoms with Crippen LogP contribution in [0.5, 0.6) is 5.75 Å². The number of piperidine rings is 1. The Morgan fingerprint density at radius 3 is 2.97 bits per heavy atom. The van der Waals surface area contributed by atoms with Crippen molar-refractivity contribution < 1.29 is 14.3 Å². The van der Waals surface area contributed by atoms with Crippen LogP contribution in [0.3, 0.4) is 0 Å². The average molecular weight is 399 g/mol. The Bertz CT molecular complexity index is 801. The van der Waals surface area contributed by atoms with E-state index in [4.69, 9.17) is 9.47 Å². The lowest BCUT2D eigenvalue weighted by molar-refractivity contribution is -0.125. The van der Waals surface area contributed by atoms with Gasteiger partial charge in [-0.2, -0.15) is 4.98 Å². The Morgan fingerprint density at radius 1 is 1.28 bits per heavy atom. The molecule has 8 nitrogen and oxygen atoms in total. The number of ether oxygens (including phenoxy) is 2. The van der Waals surface area contributed by atoms with Crippen LogP contribution in [0, 0.1) is 5.92 Å². The summed E-state index contributed by atoms with van der Waals surface area (Å²) in [6.07, 6.45) is 4.36. The third-order valence-electron chi connectivity index (χ3n) is 4.91. The Morgan fingerprint density at radius 2 is 2.14 bits per heavy atom. The highest BCUT2D eigenvalue weighted by Crippen LogP contribution is 2.27. The van der Waals surface area contributed by atoms with E-state index in [1.807, 2.05) is 30.3 Å². The number of para-hydroxylation sites is 2. The second-order valence-electron chi connectivity index (χ2n) is 6.99. The lowest BCUT2D eigenvalue weighted by atomic mass is 9.97. The first-order valence-electron chi connectivity index (χ1n) is 9.96. The molecule has 0 bridgehead atoms. The summed E-state index contributed by atoms with van der Waals surface area (Å²) in [5.41, 5.74) is 0.839. The molecular formula is C21H29N5O3. The standard InChI is InChI=1S/C21H29N5O3/c1-28-14-6-11-22-20(27)16-7-5-13-26(15-16)21-23-12-10-19(25-21)24-17-8-3-4-9-18(17)29-2/h3-4,8-10,12,16H,5-7,11,13-15H2,1-2H3,(H,22,27)(H,23,24,25). The van der Waals surface area contributed by atoms with E-state index < -0.39 is 0 Å². The van der Waals surface area contributed by atoms with Gasteiger partial charge in [-0.25, -0.2) is 4.98 Å². The fourth-order valence-corrected chi connectivity index (χ4v) is 3.40. The highest BCUT2D eigenvalue weighted by molar-refractivity contribution is 5.79. The van der Waals surface area contributed by atoms with Crippen molar-refractivity contribution in [3.05, 3.63) is 36.5 Å². The van der Waals surface area contributed by atoms with E-state index in [2.05, 4.69) is 25.5 Å². The minimum atomic E-state index is -0.0549. The van der Waals surface area contributed by atoms with Crippen LogP contribution in [0.2, 0.25) is 0 Å². The van der Waals surface area contributed by atoms with Gasteiger partial charge in [0.25, 0.3) is 0 Å². The van der Waals surface area contributed by atoms with Gasteiger partial charge in [0.15, 0.2) is 0 Å². The molecule has 0 radical (unpaired) electrons. The molecule has 1 fully saturated rings. The van der Waals surface area contributed by atoms with Crippen LogP contribution in [-0.2, 0) is 9.53 Å². The van der Waals surface area contributed by atoms with Crippen molar-refractivity contribution in [1.82, 2.24) is 15.3 Å². The van der Waals surface area contributed by atoms with E-state index in [0.717, 1.165) is 37.2 Å². The monoisotopic (exact) mass is 399 g/mol. The van der Waals surface area contributed by atoms with Gasteiger partial charge in [-0.3, -0.25) is 4.79 Å². The van der Waals surface area contributed by atoms with Crippen LogP contribution in [0.25, 0.3) is 0 Å². The fourth-order valence-electron chi connectivity index (χ4n) is 3.40. The first kappa shape index (κ1) is 20.9. The van der Waals surface area contributed by atoms with Crippen molar-refractivity contribution in [2.24, 2.45) is 5.92 Å². The number of rotatable bonds is 9. The van der Waals surface area contributed by atoms with Gasteiger partial charge in [0.2, 0.25) is 11.9 Å². The maximum absolute atomic E-state index is 12.5. The summed E-state index contributed by atoms with van der Waals surface area (Å²) in [4.78, 5) is 23.6. The Labute approximate surface area is 171 Å². The summed E-state index contributed by atoms with van der Waals surface area (Å²) in [6, 6.07) is 9.51. The zero-order valence-electron chi connectivity index (χ0n) is 17.1. The smallest absolute Gasteiger partial charge is 0.227 e. The lowest BCUT2D eigenvalue weighted by Crippen LogP contribution is -2.44. The SMILES string of the molecule is COCCCNC(=O)C1CCCN(c2nccc(Nc3ccccc3OC)n2)C1. The maximum Gasteiger partial charge on any atom is 0.227 e. The molecule has 1 aliphatic heterocycles. The number of aromatic nitrogens is 2. The van der Waals surface area contributed by atoms with Crippen LogP contribution in [0.15, 0.2) is 36.5 Å². The topological polar surface area (TPSA) is 88.6 Å². The van der Waals surface area contributed by atoms with E-state index in [-0.39, 0.29) is 11.8 Å². The first-order valence-corrected chi connectivity index (χ1v) is 9.96. The zero-order chi connectivity index (χ0) is 20.5. The number of anilines is 3. The number of amides is 1. The van der Waals surface area contributed by atoms with E-state index in [9.17, 15) is 4.79 Å². The first-order chi connectivity index (χ1) is 14.2. The Kier molecular flexibility index (Phi) is 7.63. The molecule has 1 amide bonds. The normalized spacial score (nSPS) is 16.3. The van der Waals surface area contributed by atoms with Crippen LogP contribution in [-0.4, -0.2) is 56.3 Å². The van der Waals surface area contributed by atoms with Gasteiger partial charge in [0, 0.05) is 39.5 Å². The zero-order valence-corrected chi connectivity index (χ0v) is 17.1. The molecule has 2 N–H and O–H groups in total. The van der Waals surface area contributed by atoms with Crippen molar-refractivity contribution >= 4 is 23.4 Å². The Hall–Kier alpha value is -2.87. The van der Waals surface area contributed by atoms with Crippen molar-refractivity contribution in [1.29, 1.82) is 0 Å². The molecule has 8 heteroatoms. The largest absolute Gasteiger partial charge is 0.495 e. The molecular weight excluding hydrogens is 370 g/mol. The van der Waals surface area contributed by atoms with Gasteiger partial charge in [-0.15, -0.1) is 0 Å². The van der Waals surface area contributed by atoms with Crippen LogP contribution < -0.4 is 20.3 Å². The quantitative estimate of drug-likeness (QED) is 0.627. The predicted molar refractivity (Wildman–Crippen MR) is 113 cm³/mol. The van der Waals surface area contributed by atoms with E-state index >= 15 is 0 Å². The van der Waals surface area contributed by atoms with Gasteiger partial charge < -0.3 is 25.0 Å². The predicted octanol–water partition coefficient (Wildman–Crippen LogP) is 2.60. The molecule has 2 heterocycles. The summed E-state index contributed by atoms with van der Waals surface area (Å²) < 4.78 is 10.4. The molecule has 1 saturated heterocycles. The molecule has 0 spiro atoms. The van der Waals surface area contributed by atoms with E-state index in [1.165, 1.54) is 0 Å². The van der Waals surface area contributed by atoms with Gasteiger partial charge in [0.1, 0.15) is 11.6 Å². The molecule has 2 aromatic rings. The minimum Gasteiger partial charge on any atom is -0.495 e. The number of nitrogens with one attached hydrogen (secondary N) is 2. The second kappa shape index (κ2) is 10.6. The van der Waals surface area contributed by atoms with Gasteiger partial charge in [-0.05, 0) is 37.5 Å². The molecule has 1 unspecified atom stereocenters. The number of carbonyl (C=O) groups is 1. The van der Waals surface area contributed by atoms with Crippen LogP contribution in [0.4, 0.5) is 17.5 Å². The molecule has 1 aromatic carbocycles. The summed E-state index contributed by atoms with van der Waals surface area (Å²) in [5, 5.41) is 6.29. The molecule has 1 aromatic heterocycles. The fraction of sp³-hybridized carbons (Fsp3) is 0.476. The highest BCUT2D eigenvalue weighted by atomic mass is 16.5. The summed E-state index contributed by atoms with van der Waals surface area (Å²) >= 11 is 0. The number of carbonyl (C=O) groups excluding carboxylic acids is 1. The van der Waals surface area contributed by atoms with Crippen molar-refractivity contribution in [2.45, 2.75) is 19.3 Å². The Balaban J connectivity index is 1.63. The maximum atomic E-state index is 12.5. The average Bonchev–Trinajstić information content (AvgIpc) is 2.77. The summed E-state index contributed by atoms with van der Waals surface area (Å²) in [5.74, 6) is 2.10. The molecule has 1 atom stereocenters. The van der Waals surface area contributed by atoms with Gasteiger partial charge in [-0.1, -0.05) is 12.1 Å². The lowest BCUT2D eigenvalue weighted by Gasteiger charge is -2.32. The van der Waals surface area contributed by atoms with Crippen molar-refractivity contribution in [2.75, 3.05) is 50.7 Å². The molecule has 0 aliphatic carbocycles. The molecule has 0 saturated carbocycles.